The van der Waals surface area contributed by atoms with Crippen molar-refractivity contribution in [2.75, 3.05) is 6.54 Å². The number of alkyl halides is 3. The van der Waals surface area contributed by atoms with Gasteiger partial charge in [0.25, 0.3) is 0 Å². The molecule has 5 nitrogen and oxygen atoms in total. The number of nitrogens with one attached hydrogen (secondary N) is 1. The van der Waals surface area contributed by atoms with Crippen molar-refractivity contribution in [3.05, 3.63) is 33.8 Å². The monoisotopic (exact) mass is 308 g/mol. The number of oxazole rings is 1. The van der Waals surface area contributed by atoms with E-state index < -0.39 is 30.9 Å². The molecule has 0 atom stereocenters. The molecule has 1 aromatic carbocycles. The molecular formula is C11H8ClF3N2O3. The van der Waals surface area contributed by atoms with Crippen LogP contribution < -0.4 is 11.1 Å². The summed E-state index contributed by atoms with van der Waals surface area (Å²) in [5.74, 6) is -1.79. The molecule has 1 N–H and O–H groups in total. The van der Waals surface area contributed by atoms with Crippen LogP contribution in [-0.4, -0.2) is 23.2 Å². The molecule has 2 aromatic rings. The number of carbonyl (C=O) groups excluding carboxylic acids is 1. The summed E-state index contributed by atoms with van der Waals surface area (Å²) in [4.78, 5) is 22.9. The Kier molecular flexibility index (Phi) is 3.76. The summed E-state index contributed by atoms with van der Waals surface area (Å²) >= 11 is 5.75. The van der Waals surface area contributed by atoms with Crippen LogP contribution in [0.1, 0.15) is 0 Å². The van der Waals surface area contributed by atoms with Crippen molar-refractivity contribution in [2.24, 2.45) is 0 Å². The first-order chi connectivity index (χ1) is 9.26. The Morgan fingerprint density at radius 1 is 1.40 bits per heavy atom. The van der Waals surface area contributed by atoms with Gasteiger partial charge >= 0.3 is 11.9 Å². The fraction of sp³-hybridized carbons (Fsp3) is 0.273. The fourth-order valence-electron chi connectivity index (χ4n) is 1.58. The molecule has 2 rings (SSSR count). The summed E-state index contributed by atoms with van der Waals surface area (Å²) in [6, 6.07) is 4.31. The number of amides is 1. The Morgan fingerprint density at radius 3 is 2.75 bits per heavy atom. The minimum Gasteiger partial charge on any atom is -0.408 e. The van der Waals surface area contributed by atoms with E-state index in [9.17, 15) is 22.8 Å². The van der Waals surface area contributed by atoms with Gasteiger partial charge in [0.2, 0.25) is 5.91 Å². The first-order valence-corrected chi connectivity index (χ1v) is 5.76. The summed E-state index contributed by atoms with van der Waals surface area (Å²) in [6.07, 6.45) is -4.51. The zero-order chi connectivity index (χ0) is 14.9. The molecular weight excluding hydrogens is 301 g/mol. The highest BCUT2D eigenvalue weighted by Crippen LogP contribution is 2.18. The smallest absolute Gasteiger partial charge is 0.408 e. The molecule has 108 valence electrons. The molecule has 0 aliphatic heterocycles. The lowest BCUT2D eigenvalue weighted by Crippen LogP contribution is -2.37. The first kappa shape index (κ1) is 14.4. The Balaban J connectivity index is 2.21. The molecule has 0 saturated heterocycles. The van der Waals surface area contributed by atoms with Crippen LogP contribution in [-0.2, 0) is 11.3 Å². The van der Waals surface area contributed by atoms with Gasteiger partial charge in [0.15, 0.2) is 5.58 Å². The average molecular weight is 309 g/mol. The van der Waals surface area contributed by atoms with Crippen molar-refractivity contribution < 1.29 is 22.4 Å². The number of benzene rings is 1. The summed E-state index contributed by atoms with van der Waals surface area (Å²) in [6.45, 7) is -2.04. The van der Waals surface area contributed by atoms with Gasteiger partial charge in [-0.15, -0.1) is 0 Å². The van der Waals surface area contributed by atoms with Crippen molar-refractivity contribution in [3.63, 3.8) is 0 Å². The van der Waals surface area contributed by atoms with E-state index in [0.29, 0.717) is 5.02 Å². The largest absolute Gasteiger partial charge is 0.420 e. The zero-order valence-corrected chi connectivity index (χ0v) is 10.6. The standard InChI is InChI=1S/C11H8ClF3N2O3/c12-6-1-2-8-7(3-6)17(10(19)20-8)4-9(18)16-5-11(13,14)15/h1-3H,4-5H2,(H,16,18). The van der Waals surface area contributed by atoms with Gasteiger partial charge in [-0.05, 0) is 18.2 Å². The Morgan fingerprint density at radius 2 is 2.10 bits per heavy atom. The maximum Gasteiger partial charge on any atom is 0.420 e. The van der Waals surface area contributed by atoms with Gasteiger partial charge in [-0.1, -0.05) is 11.6 Å². The normalized spacial score (nSPS) is 11.8. The molecule has 1 aromatic heterocycles. The van der Waals surface area contributed by atoms with Crippen molar-refractivity contribution in [1.82, 2.24) is 9.88 Å². The molecule has 0 unspecified atom stereocenters. The van der Waals surface area contributed by atoms with Gasteiger partial charge in [-0.3, -0.25) is 9.36 Å². The Bertz CT molecular complexity index is 705. The summed E-state index contributed by atoms with van der Waals surface area (Å²) in [7, 11) is 0. The van der Waals surface area contributed by atoms with Gasteiger partial charge in [-0.25, -0.2) is 4.79 Å². The lowest BCUT2D eigenvalue weighted by Gasteiger charge is -2.08. The quantitative estimate of drug-likeness (QED) is 0.942. The number of rotatable bonds is 3. The Labute approximate surface area is 114 Å². The number of hydrogen-bond acceptors (Lipinski definition) is 3. The molecule has 0 radical (unpaired) electrons. The maximum atomic E-state index is 12.0. The molecule has 0 fully saturated rings. The fourth-order valence-corrected chi connectivity index (χ4v) is 1.75. The van der Waals surface area contributed by atoms with Crippen LogP contribution in [0, 0.1) is 0 Å². The van der Waals surface area contributed by atoms with E-state index in [1.54, 1.807) is 5.32 Å². The predicted octanol–water partition coefficient (Wildman–Crippen LogP) is 1.93. The van der Waals surface area contributed by atoms with Crippen molar-refractivity contribution in [1.29, 1.82) is 0 Å². The third kappa shape index (κ3) is 3.32. The highest BCUT2D eigenvalue weighted by Gasteiger charge is 2.27. The minimum absolute atomic E-state index is 0.197. The zero-order valence-electron chi connectivity index (χ0n) is 9.83. The summed E-state index contributed by atoms with van der Waals surface area (Å²) in [5.41, 5.74) is 0.438. The van der Waals surface area contributed by atoms with Crippen LogP contribution >= 0.6 is 11.6 Å². The van der Waals surface area contributed by atoms with Crippen LogP contribution in [0.2, 0.25) is 5.02 Å². The van der Waals surface area contributed by atoms with Crippen molar-refractivity contribution in [3.8, 4) is 0 Å². The molecule has 0 saturated carbocycles. The number of fused-ring (bicyclic) bond motifs is 1. The van der Waals surface area contributed by atoms with E-state index in [-0.39, 0.29) is 11.1 Å². The highest BCUT2D eigenvalue weighted by atomic mass is 35.5. The van der Waals surface area contributed by atoms with Gasteiger partial charge in [0.1, 0.15) is 13.1 Å². The SMILES string of the molecule is O=C(Cn1c(=O)oc2ccc(Cl)cc21)NCC(F)(F)F. The van der Waals surface area contributed by atoms with E-state index in [1.165, 1.54) is 18.2 Å². The number of carbonyl (C=O) groups is 1. The van der Waals surface area contributed by atoms with E-state index in [2.05, 4.69) is 0 Å². The second-order valence-corrected chi connectivity index (χ2v) is 4.39. The van der Waals surface area contributed by atoms with E-state index in [0.717, 1.165) is 4.57 Å². The van der Waals surface area contributed by atoms with Crippen LogP contribution in [0.5, 0.6) is 0 Å². The van der Waals surface area contributed by atoms with Gasteiger partial charge < -0.3 is 9.73 Å². The molecule has 0 aliphatic carbocycles. The molecule has 0 bridgehead atoms. The molecule has 0 spiro atoms. The number of halogens is 4. The average Bonchev–Trinajstić information content (AvgIpc) is 2.63. The van der Waals surface area contributed by atoms with Crippen LogP contribution in [0.15, 0.2) is 27.4 Å². The second kappa shape index (κ2) is 5.20. The number of aromatic nitrogens is 1. The molecule has 9 heteroatoms. The summed E-state index contributed by atoms with van der Waals surface area (Å²) < 4.78 is 41.6. The van der Waals surface area contributed by atoms with Crippen LogP contribution in [0.25, 0.3) is 11.1 Å². The van der Waals surface area contributed by atoms with E-state index in [4.69, 9.17) is 16.0 Å². The van der Waals surface area contributed by atoms with E-state index >= 15 is 0 Å². The topological polar surface area (TPSA) is 64.2 Å². The van der Waals surface area contributed by atoms with Gasteiger partial charge in [-0.2, -0.15) is 13.2 Å². The first-order valence-electron chi connectivity index (χ1n) is 5.38. The maximum absolute atomic E-state index is 12.0. The van der Waals surface area contributed by atoms with Gasteiger partial charge in [0, 0.05) is 5.02 Å². The lowest BCUT2D eigenvalue weighted by molar-refractivity contribution is -0.138. The minimum atomic E-state index is -4.51. The summed E-state index contributed by atoms with van der Waals surface area (Å²) in [5, 5.41) is 1.98. The highest BCUT2D eigenvalue weighted by molar-refractivity contribution is 6.31. The molecule has 0 aliphatic rings. The van der Waals surface area contributed by atoms with Crippen LogP contribution in [0.4, 0.5) is 13.2 Å². The number of nitrogens with zero attached hydrogens (tertiary/aromatic N) is 1. The molecule has 1 heterocycles. The van der Waals surface area contributed by atoms with Gasteiger partial charge in [0.05, 0.1) is 5.52 Å². The Hall–Kier alpha value is -1.96. The molecule has 20 heavy (non-hydrogen) atoms. The lowest BCUT2D eigenvalue weighted by atomic mass is 10.3. The number of hydrogen-bond donors (Lipinski definition) is 1. The van der Waals surface area contributed by atoms with Crippen molar-refractivity contribution in [2.45, 2.75) is 12.7 Å². The van der Waals surface area contributed by atoms with Crippen LogP contribution in [0.3, 0.4) is 0 Å². The third-order valence-electron chi connectivity index (χ3n) is 2.42. The molecule has 1 amide bonds. The third-order valence-corrected chi connectivity index (χ3v) is 2.65. The predicted molar refractivity (Wildman–Crippen MR) is 64.5 cm³/mol. The van der Waals surface area contributed by atoms with Crippen molar-refractivity contribution >= 4 is 28.6 Å². The second-order valence-electron chi connectivity index (χ2n) is 3.96. The van der Waals surface area contributed by atoms with E-state index in [1.807, 2.05) is 0 Å².